The molecule has 0 aliphatic heterocycles. The molecule has 26 heavy (non-hydrogen) atoms. The third-order valence-electron chi connectivity index (χ3n) is 3.89. The summed E-state index contributed by atoms with van der Waals surface area (Å²) >= 11 is 1.37. The Hall–Kier alpha value is -2.61. The van der Waals surface area contributed by atoms with Crippen molar-refractivity contribution in [3.8, 4) is 11.5 Å². The molecule has 0 saturated heterocycles. The normalized spacial score (nSPS) is 12.6. The minimum absolute atomic E-state index is 0.120. The van der Waals surface area contributed by atoms with Gasteiger partial charge in [0.15, 0.2) is 16.3 Å². The van der Waals surface area contributed by atoms with Gasteiger partial charge in [0.25, 0.3) is 5.91 Å². The summed E-state index contributed by atoms with van der Waals surface area (Å²) in [4.78, 5) is 30.4. The minimum atomic E-state index is -0.415. The van der Waals surface area contributed by atoms with Gasteiger partial charge in [-0.1, -0.05) is 6.92 Å². The lowest BCUT2D eigenvalue weighted by Gasteiger charge is -2.14. The average molecular weight is 377 g/mol. The maximum Gasteiger partial charge on any atom is 0.279 e. The van der Waals surface area contributed by atoms with E-state index in [1.165, 1.54) is 25.6 Å². The number of nitrogens with zero attached hydrogens (tertiary/aromatic N) is 2. The molecule has 7 nitrogen and oxygen atoms in total. The van der Waals surface area contributed by atoms with Crippen LogP contribution in [-0.4, -0.2) is 37.6 Å². The molecule has 8 heteroatoms. The van der Waals surface area contributed by atoms with Gasteiger partial charge >= 0.3 is 0 Å². The predicted molar refractivity (Wildman–Crippen MR) is 99.9 cm³/mol. The standard InChI is InChI=1S/C18H23N3O4S/c1-6-13(17(23)19-3)21-10-11(2)26-18(21)20-16(22)12-7-8-14(24-4)15(9-12)25-5/h7-10,13H,6H2,1-5H3,(H,19,23). The van der Waals surface area contributed by atoms with Crippen LogP contribution in [0.2, 0.25) is 0 Å². The van der Waals surface area contributed by atoms with Crippen molar-refractivity contribution in [2.24, 2.45) is 4.99 Å². The van der Waals surface area contributed by atoms with Crippen molar-refractivity contribution in [3.63, 3.8) is 0 Å². The summed E-state index contributed by atoms with van der Waals surface area (Å²) in [5.74, 6) is 0.468. The number of amides is 2. The van der Waals surface area contributed by atoms with Crippen molar-refractivity contribution in [3.05, 3.63) is 39.6 Å². The lowest BCUT2D eigenvalue weighted by molar-refractivity contribution is -0.124. The first-order valence-corrected chi connectivity index (χ1v) is 8.98. The number of hydrogen-bond donors (Lipinski definition) is 1. The molecular weight excluding hydrogens is 354 g/mol. The number of carbonyl (C=O) groups is 2. The molecule has 0 aliphatic rings. The quantitative estimate of drug-likeness (QED) is 0.838. The molecule has 1 atom stereocenters. The van der Waals surface area contributed by atoms with Crippen LogP contribution < -0.4 is 19.6 Å². The Bertz CT molecular complexity index is 870. The molecule has 1 heterocycles. The van der Waals surface area contributed by atoms with Gasteiger partial charge < -0.3 is 19.4 Å². The molecule has 0 spiro atoms. The molecule has 2 aromatic rings. The predicted octanol–water partition coefficient (Wildman–Crippen LogP) is 2.31. The fourth-order valence-electron chi connectivity index (χ4n) is 2.57. The lowest BCUT2D eigenvalue weighted by Crippen LogP contribution is -2.33. The summed E-state index contributed by atoms with van der Waals surface area (Å²) in [5.41, 5.74) is 0.383. The van der Waals surface area contributed by atoms with Gasteiger partial charge in [-0.25, -0.2) is 0 Å². The first-order chi connectivity index (χ1) is 12.4. The van der Waals surface area contributed by atoms with Crippen LogP contribution >= 0.6 is 11.3 Å². The van der Waals surface area contributed by atoms with E-state index in [0.29, 0.717) is 28.3 Å². The van der Waals surface area contributed by atoms with Gasteiger partial charge in [0.05, 0.1) is 14.2 Å². The summed E-state index contributed by atoms with van der Waals surface area (Å²) in [6.45, 7) is 3.83. The topological polar surface area (TPSA) is 81.9 Å². The molecule has 2 rings (SSSR count). The monoisotopic (exact) mass is 377 g/mol. The van der Waals surface area contributed by atoms with Gasteiger partial charge in [-0.2, -0.15) is 4.99 Å². The van der Waals surface area contributed by atoms with Gasteiger partial charge in [0, 0.05) is 23.7 Å². The van der Waals surface area contributed by atoms with Crippen molar-refractivity contribution in [1.82, 2.24) is 9.88 Å². The Labute approximate surface area is 156 Å². The van der Waals surface area contributed by atoms with E-state index in [4.69, 9.17) is 9.47 Å². The Morgan fingerprint density at radius 3 is 2.54 bits per heavy atom. The number of nitrogens with one attached hydrogen (secondary N) is 1. The van der Waals surface area contributed by atoms with E-state index in [2.05, 4.69) is 10.3 Å². The number of hydrogen-bond acceptors (Lipinski definition) is 5. The molecule has 1 aromatic carbocycles. The second kappa shape index (κ2) is 8.66. The van der Waals surface area contributed by atoms with E-state index in [1.807, 2.05) is 20.0 Å². The van der Waals surface area contributed by atoms with E-state index in [0.717, 1.165) is 4.88 Å². The minimum Gasteiger partial charge on any atom is -0.493 e. The Morgan fingerprint density at radius 1 is 1.27 bits per heavy atom. The zero-order chi connectivity index (χ0) is 19.3. The zero-order valence-corrected chi connectivity index (χ0v) is 16.3. The number of aromatic nitrogens is 1. The molecule has 0 bridgehead atoms. The Kier molecular flexibility index (Phi) is 6.57. The van der Waals surface area contributed by atoms with E-state index < -0.39 is 11.9 Å². The highest BCUT2D eigenvalue weighted by Gasteiger charge is 2.19. The number of benzene rings is 1. The van der Waals surface area contributed by atoms with E-state index in [-0.39, 0.29) is 5.91 Å². The molecule has 0 fully saturated rings. The maximum absolute atomic E-state index is 12.6. The average Bonchev–Trinajstić information content (AvgIpc) is 3.01. The third kappa shape index (κ3) is 4.13. The highest BCUT2D eigenvalue weighted by atomic mass is 32.1. The summed E-state index contributed by atoms with van der Waals surface area (Å²) < 4.78 is 12.2. The Balaban J connectivity index is 2.47. The number of aryl methyl sites for hydroxylation is 1. The zero-order valence-electron chi connectivity index (χ0n) is 15.5. The van der Waals surface area contributed by atoms with Crippen LogP contribution in [0.1, 0.15) is 34.6 Å². The number of carbonyl (C=O) groups excluding carboxylic acids is 2. The van der Waals surface area contributed by atoms with Crippen LogP contribution in [0.5, 0.6) is 11.5 Å². The number of ether oxygens (including phenoxy) is 2. The van der Waals surface area contributed by atoms with Crippen molar-refractivity contribution in [2.45, 2.75) is 26.3 Å². The van der Waals surface area contributed by atoms with Gasteiger partial charge in [0.2, 0.25) is 5.91 Å². The number of thiazole rings is 1. The first-order valence-electron chi connectivity index (χ1n) is 8.16. The SMILES string of the molecule is CCC(C(=O)NC)n1cc(C)sc1=NC(=O)c1ccc(OC)c(OC)c1. The second-order valence-corrected chi connectivity index (χ2v) is 6.77. The highest BCUT2D eigenvalue weighted by molar-refractivity contribution is 7.09. The third-order valence-corrected chi connectivity index (χ3v) is 4.81. The second-order valence-electron chi connectivity index (χ2n) is 5.56. The van der Waals surface area contributed by atoms with Gasteiger partial charge in [-0.05, 0) is 31.5 Å². The Morgan fingerprint density at radius 2 is 1.96 bits per heavy atom. The molecule has 1 unspecified atom stereocenters. The van der Waals surface area contributed by atoms with E-state index in [1.54, 1.807) is 29.8 Å². The van der Waals surface area contributed by atoms with Crippen molar-refractivity contribution >= 4 is 23.2 Å². The highest BCUT2D eigenvalue weighted by Crippen LogP contribution is 2.27. The lowest BCUT2D eigenvalue weighted by atomic mass is 10.2. The van der Waals surface area contributed by atoms with Crippen LogP contribution in [0.4, 0.5) is 0 Å². The van der Waals surface area contributed by atoms with Crippen molar-refractivity contribution < 1.29 is 19.1 Å². The molecule has 1 aromatic heterocycles. The summed E-state index contributed by atoms with van der Waals surface area (Å²) in [7, 11) is 4.64. The van der Waals surface area contributed by atoms with Crippen LogP contribution in [0.25, 0.3) is 0 Å². The summed E-state index contributed by atoms with van der Waals surface area (Å²) in [5, 5.41) is 2.65. The maximum atomic E-state index is 12.6. The van der Waals surface area contributed by atoms with Gasteiger partial charge in [-0.3, -0.25) is 9.59 Å². The largest absolute Gasteiger partial charge is 0.493 e. The summed E-state index contributed by atoms with van der Waals surface area (Å²) in [6, 6.07) is 4.47. The number of rotatable bonds is 6. The molecule has 0 radical (unpaired) electrons. The molecule has 0 aliphatic carbocycles. The smallest absolute Gasteiger partial charge is 0.279 e. The van der Waals surface area contributed by atoms with Crippen LogP contribution in [-0.2, 0) is 4.79 Å². The fourth-order valence-corrected chi connectivity index (χ4v) is 3.44. The van der Waals surface area contributed by atoms with Gasteiger partial charge in [0.1, 0.15) is 6.04 Å². The molecule has 1 N–H and O–H groups in total. The van der Waals surface area contributed by atoms with Crippen molar-refractivity contribution in [2.75, 3.05) is 21.3 Å². The van der Waals surface area contributed by atoms with Gasteiger partial charge in [-0.15, -0.1) is 11.3 Å². The van der Waals surface area contributed by atoms with Crippen LogP contribution in [0.15, 0.2) is 29.4 Å². The molecular formula is C18H23N3O4S. The number of likely N-dealkylation sites (N-methyl/N-ethyl adjacent to an activating group) is 1. The molecule has 140 valence electrons. The number of methoxy groups -OCH3 is 2. The fraction of sp³-hybridized carbons (Fsp3) is 0.389. The summed E-state index contributed by atoms with van der Waals surface area (Å²) in [6.07, 6.45) is 2.43. The van der Waals surface area contributed by atoms with E-state index >= 15 is 0 Å². The molecule has 0 saturated carbocycles. The van der Waals surface area contributed by atoms with Crippen LogP contribution in [0, 0.1) is 6.92 Å². The van der Waals surface area contributed by atoms with E-state index in [9.17, 15) is 9.59 Å². The van der Waals surface area contributed by atoms with Crippen molar-refractivity contribution in [1.29, 1.82) is 0 Å². The first kappa shape index (κ1) is 19.7. The molecule has 2 amide bonds. The van der Waals surface area contributed by atoms with Crippen LogP contribution in [0.3, 0.4) is 0 Å².